The normalized spacial score (nSPS) is 10.1. The van der Waals surface area contributed by atoms with Gasteiger partial charge in [-0.2, -0.15) is 13.7 Å². The third kappa shape index (κ3) is 17.8. The standard InChI is InChI=1S/C8H15N2.C7H12NO.C7H12NS.C7H12NSe.C6H12N3.C5H9N2O.C5H9N2S.C5H9N2Se/c1-6-7(2)10(5)8(3)9(6)4;3*1-5-6(2)9-7(3)8(5)4;1-5-7-9(4)6(2)8(5)3;3*1-4-6-8-5(2)7(4)3/h1-5H3;4*1-4H3;3*1-3H3/q8*+1. The summed E-state index contributed by atoms with van der Waals surface area (Å²) < 4.78 is 44.0. The van der Waals surface area contributed by atoms with Crippen LogP contribution in [0, 0.1) is 138 Å². The van der Waals surface area contributed by atoms with Gasteiger partial charge in [-0.25, -0.2) is 22.8 Å². The molecule has 0 N–H and O–H groups in total. The molecule has 8 aromatic rings. The molecule has 0 atom stereocenters. The molecule has 70 heavy (non-hydrogen) atoms. The zero-order valence-corrected chi connectivity index (χ0v) is 53.8. The Morgan fingerprint density at radius 2 is 1.06 bits per heavy atom. The van der Waals surface area contributed by atoms with Gasteiger partial charge in [0.05, 0.1) is 54.1 Å². The summed E-state index contributed by atoms with van der Waals surface area (Å²) in [6.07, 6.45) is 0. The Morgan fingerprint density at radius 3 is 1.17 bits per heavy atom. The van der Waals surface area contributed by atoms with Crippen LogP contribution in [0.3, 0.4) is 0 Å². The minimum absolute atomic E-state index is 0.402. The number of imidazole rings is 1. The van der Waals surface area contributed by atoms with Crippen LogP contribution in [-0.2, 0) is 70.5 Å². The Kier molecular flexibility index (Phi) is 26.1. The maximum atomic E-state index is 5.31. The van der Waals surface area contributed by atoms with Crippen LogP contribution in [-0.4, -0.2) is 57.1 Å². The number of nitrogens with zero attached hydrogens (tertiary/aromatic N) is 14. The van der Waals surface area contributed by atoms with Gasteiger partial charge < -0.3 is 4.42 Å². The quantitative estimate of drug-likeness (QED) is 0.168. The van der Waals surface area contributed by atoms with E-state index in [1.54, 1.807) is 16.0 Å². The summed E-state index contributed by atoms with van der Waals surface area (Å²) in [5.41, 5.74) is 6.73. The van der Waals surface area contributed by atoms with Gasteiger partial charge in [-0.15, -0.1) is 4.68 Å². The predicted octanol–water partition coefficient (Wildman–Crippen LogP) is 3.94. The maximum absolute atomic E-state index is 5.31. The van der Waals surface area contributed by atoms with Crippen LogP contribution >= 0.6 is 22.9 Å². The first kappa shape index (κ1) is 63.7. The molecule has 20 heteroatoms. The van der Waals surface area contributed by atoms with Crippen molar-refractivity contribution in [2.75, 3.05) is 0 Å². The van der Waals surface area contributed by atoms with Crippen LogP contribution in [0.2, 0.25) is 0 Å². The summed E-state index contributed by atoms with van der Waals surface area (Å²) in [5.74, 6) is 9.48. The van der Waals surface area contributed by atoms with Gasteiger partial charge in [0, 0.05) is 99.5 Å². The molecule has 388 valence electrons. The summed E-state index contributed by atoms with van der Waals surface area (Å²) >= 11 is 4.46. The minimum Gasteiger partial charge on any atom is -0.407 e. The third-order valence-electron chi connectivity index (χ3n) is 13.4. The van der Waals surface area contributed by atoms with E-state index in [1.807, 2.05) is 123 Å². The number of rotatable bonds is 0. The van der Waals surface area contributed by atoms with Gasteiger partial charge >= 0.3 is 140 Å². The molecule has 8 heterocycles. The van der Waals surface area contributed by atoms with Crippen molar-refractivity contribution in [1.29, 1.82) is 0 Å². The first-order valence-corrected chi connectivity index (χ1v) is 28.1. The average Bonchev–Trinajstić information content (AvgIpc) is 4.14. The second kappa shape index (κ2) is 28.6. The van der Waals surface area contributed by atoms with Crippen molar-refractivity contribution in [3.05, 3.63) is 109 Å². The summed E-state index contributed by atoms with van der Waals surface area (Å²) in [6, 6.07) is 0. The Morgan fingerprint density at radius 1 is 0.486 bits per heavy atom. The summed E-state index contributed by atoms with van der Waals surface area (Å²) in [7, 11) is 20.4. The zero-order chi connectivity index (χ0) is 54.4. The van der Waals surface area contributed by atoms with Crippen LogP contribution in [0.4, 0.5) is 0 Å². The molecular weight excluding hydrogens is 1050 g/mol. The van der Waals surface area contributed by atoms with Crippen molar-refractivity contribution in [2.45, 2.75) is 138 Å². The van der Waals surface area contributed by atoms with Crippen molar-refractivity contribution >= 4 is 52.1 Å². The minimum atomic E-state index is 0.402. The molecule has 0 amide bonds. The molecule has 0 bridgehead atoms. The Bertz CT molecular complexity index is 2380. The largest absolute Gasteiger partial charge is 0.407 e. The summed E-state index contributed by atoms with van der Waals surface area (Å²) in [6.45, 7) is 41.5. The molecule has 0 unspecified atom stereocenters. The van der Waals surface area contributed by atoms with E-state index in [2.05, 4.69) is 162 Å². The van der Waals surface area contributed by atoms with E-state index in [4.69, 9.17) is 8.94 Å². The fourth-order valence-corrected chi connectivity index (χ4v) is 11.0. The van der Waals surface area contributed by atoms with E-state index in [1.165, 1.54) is 64.1 Å². The fraction of sp³-hybridized carbons (Fsp3) is 0.600. The van der Waals surface area contributed by atoms with E-state index in [9.17, 15) is 0 Å². The monoisotopic (exact) mass is 1140 g/mol. The maximum Gasteiger partial charge on any atom is 0.345 e. The zero-order valence-electron chi connectivity index (χ0n) is 48.7. The average molecular weight is 1140 g/mol. The SMILES string of the molecule is Cc1[se]c(C)[n+](C)c1C.Cc1c(C)[n+](C)c(C)n1C.Cc1n[se]c(C)[n+]1C.Cc1nn(C)c(C)[n+]1C.Cc1noc(C)[n+]1C.Cc1nsc(C)[n+]1C.Cc1oc(C)[n+](C)c1C.Cc1sc(C)[n+](C)c1C. The van der Waals surface area contributed by atoms with Gasteiger partial charge in [0.2, 0.25) is 16.5 Å². The molecule has 0 aliphatic rings. The number of aryl methyl sites for hydroxylation is 14. The van der Waals surface area contributed by atoms with Crippen LogP contribution in [0.5, 0.6) is 0 Å². The van der Waals surface area contributed by atoms with E-state index in [-0.39, 0.29) is 0 Å². The van der Waals surface area contributed by atoms with E-state index in [0.29, 0.717) is 29.2 Å². The number of hydrogen-bond acceptors (Lipinski definition) is 8. The Labute approximate surface area is 441 Å². The van der Waals surface area contributed by atoms with Crippen LogP contribution in [0.25, 0.3) is 0 Å². The molecule has 16 nitrogen and oxygen atoms in total. The number of thiazole rings is 1. The fourth-order valence-electron chi connectivity index (χ4n) is 5.96. The molecule has 0 aliphatic carbocycles. The van der Waals surface area contributed by atoms with Crippen LogP contribution in [0.15, 0.2) is 8.94 Å². The van der Waals surface area contributed by atoms with Gasteiger partial charge in [0.25, 0.3) is 11.6 Å². The molecule has 0 saturated carbocycles. The van der Waals surface area contributed by atoms with Crippen LogP contribution in [0.1, 0.15) is 109 Å². The summed E-state index contributed by atoms with van der Waals surface area (Å²) in [5, 5.41) is 10.5. The smallest absolute Gasteiger partial charge is 0.345 e. The molecule has 8 aromatic heterocycles. The van der Waals surface area contributed by atoms with Crippen LogP contribution < -0.4 is 36.5 Å². The van der Waals surface area contributed by atoms with Crippen molar-refractivity contribution in [1.82, 2.24) is 27.9 Å². The molecule has 0 fully saturated rings. The molecule has 8 rings (SSSR count). The van der Waals surface area contributed by atoms with Crippen molar-refractivity contribution in [3.63, 3.8) is 0 Å². The van der Waals surface area contributed by atoms with Gasteiger partial charge in [-0.1, -0.05) is 11.3 Å². The Balaban J connectivity index is 0.000000400. The second-order valence-corrected chi connectivity index (χ2v) is 24.8. The Hall–Kier alpha value is -4.32. The third-order valence-corrected chi connectivity index (χ3v) is 19.8. The molecule has 0 spiro atoms. The van der Waals surface area contributed by atoms with Gasteiger partial charge in [-0.05, 0) is 6.92 Å². The van der Waals surface area contributed by atoms with E-state index in [0.717, 1.165) is 40.8 Å². The van der Waals surface area contributed by atoms with Gasteiger partial charge in [0.15, 0.2) is 21.6 Å². The van der Waals surface area contributed by atoms with E-state index >= 15 is 0 Å². The second-order valence-electron chi connectivity index (χ2n) is 17.5. The number of hydrogen-bond donors (Lipinski definition) is 0. The van der Waals surface area contributed by atoms with Crippen molar-refractivity contribution in [3.8, 4) is 0 Å². The predicted molar refractivity (Wildman–Crippen MR) is 279 cm³/mol. The summed E-state index contributed by atoms with van der Waals surface area (Å²) in [4.78, 5) is 1.43. The molecule has 0 radical (unpaired) electrons. The molecular formula is C50H90N14O2S2Se2+8. The molecule has 0 saturated heterocycles. The van der Waals surface area contributed by atoms with E-state index < -0.39 is 0 Å². The first-order chi connectivity index (χ1) is 32.2. The topological polar surface area (TPSA) is 119 Å². The number of aromatic nitrogens is 14. The molecule has 0 aromatic carbocycles. The first-order valence-electron chi connectivity index (χ1n) is 23.2. The van der Waals surface area contributed by atoms with Crippen molar-refractivity contribution < 1.29 is 45.5 Å². The van der Waals surface area contributed by atoms with Crippen molar-refractivity contribution in [2.24, 2.45) is 70.5 Å². The van der Waals surface area contributed by atoms with Gasteiger partial charge in [-0.3, -0.25) is 0 Å². The van der Waals surface area contributed by atoms with Gasteiger partial charge in [0.1, 0.15) is 37.0 Å². The number of oxazole rings is 1. The molecule has 0 aliphatic heterocycles.